The van der Waals surface area contributed by atoms with Crippen LogP contribution in [0.15, 0.2) is 18.2 Å². The molecule has 2 aliphatic rings. The van der Waals surface area contributed by atoms with E-state index in [1.54, 1.807) is 13.0 Å². The van der Waals surface area contributed by atoms with Crippen molar-refractivity contribution in [1.29, 1.82) is 0 Å². The highest BCUT2D eigenvalue weighted by Gasteiger charge is 2.44. The molecule has 2 fully saturated rings. The summed E-state index contributed by atoms with van der Waals surface area (Å²) in [6.45, 7) is 1.65. The van der Waals surface area contributed by atoms with Crippen molar-refractivity contribution in [3.05, 3.63) is 35.1 Å². The van der Waals surface area contributed by atoms with E-state index in [0.29, 0.717) is 5.56 Å². The number of aliphatic hydroxyl groups is 1. The van der Waals surface area contributed by atoms with E-state index in [1.807, 2.05) is 0 Å². The third kappa shape index (κ3) is 2.73. The maximum absolute atomic E-state index is 13.7. The van der Waals surface area contributed by atoms with Gasteiger partial charge in [-0.1, -0.05) is 6.07 Å². The van der Waals surface area contributed by atoms with Crippen molar-refractivity contribution in [2.45, 2.75) is 19.0 Å². The molecule has 3 amide bonds. The fraction of sp³-hybridized carbons (Fsp3) is 0.438. The van der Waals surface area contributed by atoms with E-state index in [2.05, 4.69) is 5.32 Å². The van der Waals surface area contributed by atoms with Crippen LogP contribution in [0.25, 0.3) is 0 Å². The summed E-state index contributed by atoms with van der Waals surface area (Å²) in [5, 5.41) is 11.6. The molecule has 2 N–H and O–H groups in total. The zero-order valence-corrected chi connectivity index (χ0v) is 13.2. The molecule has 0 saturated carbocycles. The van der Waals surface area contributed by atoms with Gasteiger partial charge in [-0.25, -0.2) is 4.39 Å². The van der Waals surface area contributed by atoms with Gasteiger partial charge in [0.05, 0.1) is 13.2 Å². The third-order valence-electron chi connectivity index (χ3n) is 4.47. The van der Waals surface area contributed by atoms with E-state index in [1.165, 1.54) is 21.9 Å². The van der Waals surface area contributed by atoms with Gasteiger partial charge in [0.15, 0.2) is 0 Å². The van der Waals surface area contributed by atoms with Crippen LogP contribution in [0.2, 0.25) is 0 Å². The van der Waals surface area contributed by atoms with Gasteiger partial charge in [0.25, 0.3) is 5.91 Å². The zero-order valence-electron chi connectivity index (χ0n) is 13.2. The van der Waals surface area contributed by atoms with Crippen LogP contribution in [0.3, 0.4) is 0 Å². The van der Waals surface area contributed by atoms with Crippen LogP contribution in [0.1, 0.15) is 15.9 Å². The minimum Gasteiger partial charge on any atom is -0.394 e. The van der Waals surface area contributed by atoms with Gasteiger partial charge in [-0.15, -0.1) is 0 Å². The van der Waals surface area contributed by atoms with Gasteiger partial charge in [-0.05, 0) is 24.6 Å². The second-order valence-corrected chi connectivity index (χ2v) is 6.01. The van der Waals surface area contributed by atoms with Crippen molar-refractivity contribution in [2.75, 3.05) is 26.2 Å². The highest BCUT2D eigenvalue weighted by atomic mass is 19.1. The average molecular weight is 335 g/mol. The Morgan fingerprint density at radius 2 is 2.12 bits per heavy atom. The number of hydrogen-bond acceptors (Lipinski definition) is 4. The first kappa shape index (κ1) is 16.4. The first-order valence-electron chi connectivity index (χ1n) is 7.69. The minimum absolute atomic E-state index is 0.0457. The van der Waals surface area contributed by atoms with Gasteiger partial charge in [0, 0.05) is 18.7 Å². The van der Waals surface area contributed by atoms with E-state index >= 15 is 0 Å². The molecular weight excluding hydrogens is 317 g/mol. The summed E-state index contributed by atoms with van der Waals surface area (Å²) in [5.74, 6) is -1.59. The number of piperazine rings is 2. The highest BCUT2D eigenvalue weighted by Crippen LogP contribution is 2.19. The Balaban J connectivity index is 1.77. The minimum atomic E-state index is -0.929. The maximum atomic E-state index is 13.7. The first-order valence-corrected chi connectivity index (χ1v) is 7.69. The van der Waals surface area contributed by atoms with Gasteiger partial charge in [-0.3, -0.25) is 14.4 Å². The molecule has 2 saturated heterocycles. The number of fused-ring (bicyclic) bond motifs is 1. The second kappa shape index (κ2) is 6.20. The standard InChI is InChI=1S/C16H18FN3O4/c1-9-2-3-10(6-11(9)17)15(23)19-4-5-20-13(7-19)14(22)18-12(8-21)16(20)24/h2-3,6,12-13,21H,4-5,7-8H2,1H3,(H,18,22)/t12-,13+/m0/s1. The molecule has 128 valence electrons. The SMILES string of the molecule is Cc1ccc(C(=O)N2CCN3C(=O)[C@H](CO)NC(=O)[C@H]3C2)cc1F. The fourth-order valence-corrected chi connectivity index (χ4v) is 3.02. The van der Waals surface area contributed by atoms with Crippen LogP contribution in [-0.2, 0) is 9.59 Å². The fourth-order valence-electron chi connectivity index (χ4n) is 3.02. The molecule has 2 atom stereocenters. The topological polar surface area (TPSA) is 90.0 Å². The van der Waals surface area contributed by atoms with Crippen LogP contribution >= 0.6 is 0 Å². The molecule has 3 rings (SSSR count). The molecule has 7 nitrogen and oxygen atoms in total. The number of carbonyl (C=O) groups is 3. The Kier molecular flexibility index (Phi) is 4.23. The molecule has 2 heterocycles. The van der Waals surface area contributed by atoms with Crippen LogP contribution in [0, 0.1) is 12.7 Å². The van der Waals surface area contributed by atoms with Crippen molar-refractivity contribution in [1.82, 2.24) is 15.1 Å². The molecule has 0 spiro atoms. The largest absolute Gasteiger partial charge is 0.394 e. The van der Waals surface area contributed by atoms with Crippen molar-refractivity contribution >= 4 is 17.7 Å². The number of hydrogen-bond donors (Lipinski definition) is 2. The van der Waals surface area contributed by atoms with E-state index in [4.69, 9.17) is 5.11 Å². The van der Waals surface area contributed by atoms with E-state index < -0.39 is 30.4 Å². The maximum Gasteiger partial charge on any atom is 0.254 e. The number of nitrogens with zero attached hydrogens (tertiary/aromatic N) is 2. The summed E-state index contributed by atoms with van der Waals surface area (Å²) in [5.41, 5.74) is 0.658. The predicted octanol–water partition coefficient (Wildman–Crippen LogP) is -0.722. The Hall–Kier alpha value is -2.48. The number of amides is 3. The summed E-state index contributed by atoms with van der Waals surface area (Å²) in [6, 6.07) is 2.54. The predicted molar refractivity (Wildman–Crippen MR) is 81.6 cm³/mol. The van der Waals surface area contributed by atoms with E-state index in [0.717, 1.165) is 0 Å². The number of aliphatic hydroxyl groups excluding tert-OH is 1. The molecule has 0 aromatic heterocycles. The molecule has 0 unspecified atom stereocenters. The molecular formula is C16H18FN3O4. The Labute approximate surface area is 138 Å². The molecule has 8 heteroatoms. The lowest BCUT2D eigenvalue weighted by atomic mass is 10.0. The number of halogens is 1. The number of rotatable bonds is 2. The van der Waals surface area contributed by atoms with Crippen LogP contribution in [-0.4, -0.2) is 71.0 Å². The molecule has 0 aliphatic carbocycles. The van der Waals surface area contributed by atoms with Crippen molar-refractivity contribution in [3.63, 3.8) is 0 Å². The summed E-state index contributed by atoms with van der Waals surface area (Å²) in [4.78, 5) is 39.7. The number of aryl methyl sites for hydroxylation is 1. The number of nitrogens with one attached hydrogen (secondary N) is 1. The molecule has 0 radical (unpaired) electrons. The monoisotopic (exact) mass is 335 g/mol. The lowest BCUT2D eigenvalue weighted by Gasteiger charge is -2.44. The summed E-state index contributed by atoms with van der Waals surface area (Å²) < 4.78 is 13.7. The van der Waals surface area contributed by atoms with Gasteiger partial charge in [0.1, 0.15) is 17.9 Å². The third-order valence-corrected chi connectivity index (χ3v) is 4.47. The number of benzene rings is 1. The van der Waals surface area contributed by atoms with Crippen molar-refractivity contribution in [3.8, 4) is 0 Å². The van der Waals surface area contributed by atoms with Gasteiger partial charge >= 0.3 is 0 Å². The Bertz CT molecular complexity index is 709. The first-order chi connectivity index (χ1) is 11.4. The van der Waals surface area contributed by atoms with E-state index in [-0.39, 0.29) is 37.0 Å². The van der Waals surface area contributed by atoms with Gasteiger partial charge in [0.2, 0.25) is 11.8 Å². The summed E-state index contributed by atoms with van der Waals surface area (Å²) >= 11 is 0. The summed E-state index contributed by atoms with van der Waals surface area (Å²) in [6.07, 6.45) is 0. The van der Waals surface area contributed by atoms with Gasteiger partial charge < -0.3 is 20.2 Å². The molecule has 1 aromatic rings. The highest BCUT2D eigenvalue weighted by molar-refractivity contribution is 5.99. The quantitative estimate of drug-likeness (QED) is 0.746. The lowest BCUT2D eigenvalue weighted by molar-refractivity contribution is -0.153. The van der Waals surface area contributed by atoms with Crippen LogP contribution in [0.5, 0.6) is 0 Å². The zero-order chi connectivity index (χ0) is 17.4. The second-order valence-electron chi connectivity index (χ2n) is 6.01. The number of carbonyl (C=O) groups excluding carboxylic acids is 3. The van der Waals surface area contributed by atoms with Crippen LogP contribution in [0.4, 0.5) is 4.39 Å². The molecule has 2 aliphatic heterocycles. The average Bonchev–Trinajstić information content (AvgIpc) is 2.59. The molecule has 24 heavy (non-hydrogen) atoms. The van der Waals surface area contributed by atoms with E-state index in [9.17, 15) is 18.8 Å². The van der Waals surface area contributed by atoms with Crippen molar-refractivity contribution in [2.24, 2.45) is 0 Å². The van der Waals surface area contributed by atoms with Crippen molar-refractivity contribution < 1.29 is 23.9 Å². The summed E-state index contributed by atoms with van der Waals surface area (Å²) in [7, 11) is 0. The Morgan fingerprint density at radius 1 is 1.38 bits per heavy atom. The molecule has 1 aromatic carbocycles. The Morgan fingerprint density at radius 3 is 2.79 bits per heavy atom. The smallest absolute Gasteiger partial charge is 0.254 e. The lowest BCUT2D eigenvalue weighted by Crippen LogP contribution is -2.70. The van der Waals surface area contributed by atoms with Gasteiger partial charge in [-0.2, -0.15) is 0 Å². The van der Waals surface area contributed by atoms with Crippen LogP contribution < -0.4 is 5.32 Å². The normalized spacial score (nSPS) is 23.8. The molecule has 0 bridgehead atoms.